The minimum atomic E-state index is 0.0607. The Labute approximate surface area is 389 Å². The number of allylic oxidation sites excluding steroid dienone is 4. The summed E-state index contributed by atoms with van der Waals surface area (Å²) in [5, 5.41) is 2.40. The molecule has 0 saturated heterocycles. The van der Waals surface area contributed by atoms with Gasteiger partial charge in [0.05, 0.1) is 0 Å². The van der Waals surface area contributed by atoms with E-state index in [0.29, 0.717) is 11.8 Å². The van der Waals surface area contributed by atoms with E-state index >= 15 is 0 Å². The van der Waals surface area contributed by atoms with E-state index in [1.807, 2.05) is 0 Å². The minimum Gasteiger partial charge on any atom is -0.456 e. The van der Waals surface area contributed by atoms with Gasteiger partial charge in [0.15, 0.2) is 0 Å². The minimum absolute atomic E-state index is 0.0607. The van der Waals surface area contributed by atoms with Gasteiger partial charge in [-0.25, -0.2) is 0 Å². The van der Waals surface area contributed by atoms with Crippen molar-refractivity contribution in [2.45, 2.75) is 157 Å². The van der Waals surface area contributed by atoms with Crippen LogP contribution in [-0.4, -0.2) is 6.71 Å². The highest BCUT2D eigenvalue weighted by Crippen LogP contribution is 2.58. The van der Waals surface area contributed by atoms with Gasteiger partial charge in [-0.3, -0.25) is 0 Å². The topological polar surface area (TPSA) is 19.6 Å². The summed E-state index contributed by atoms with van der Waals surface area (Å²) in [6.07, 6.45) is 15.0. The van der Waals surface area contributed by atoms with Crippen molar-refractivity contribution in [2.75, 3.05) is 9.80 Å². The van der Waals surface area contributed by atoms with E-state index in [-0.39, 0.29) is 28.4 Å². The Kier molecular flexibility index (Phi) is 8.96. The molecule has 0 spiro atoms. The van der Waals surface area contributed by atoms with Crippen molar-refractivity contribution in [3.63, 3.8) is 0 Å². The smallest absolute Gasteiger partial charge is 0.252 e. The number of hydrogen-bond donors (Lipinski definition) is 0. The standard InChI is InChI=1S/C61H69BN2O/c1-36-21-22-47-51(27-36)63(49-33-45-43(28-37(49)2)58(4,5)23-25-60(45,8)9)53-30-40(39-17-13-12-14-18-39)31-54-57(53)62(47)48-32-42-41-19-15-16-20-55(41)65-56(42)35-52(48)64(54)50-34-46-44(29-38(50)3)59(6,7)24-26-61(46,10)11/h15-16,19-22,27-33,35,39,46H,12-14,17-18,23-26,34H2,1-11H3. The molecule has 12 rings (SSSR count). The molecule has 4 heteroatoms. The molecule has 1 aromatic heterocycles. The first-order valence-electron chi connectivity index (χ1n) is 25.3. The van der Waals surface area contributed by atoms with Gasteiger partial charge in [-0.05, 0) is 179 Å². The Balaban J connectivity index is 1.20. The number of hydrogen-bond acceptors (Lipinski definition) is 3. The number of fused-ring (bicyclic) bond motifs is 9. The van der Waals surface area contributed by atoms with Crippen LogP contribution in [0.4, 0.5) is 28.4 Å². The van der Waals surface area contributed by atoms with E-state index in [0.717, 1.165) is 17.6 Å². The van der Waals surface area contributed by atoms with Crippen LogP contribution in [0.25, 0.3) is 21.9 Å². The van der Waals surface area contributed by atoms with Crippen LogP contribution in [0.2, 0.25) is 0 Å². The number of furan rings is 1. The van der Waals surface area contributed by atoms with Crippen molar-refractivity contribution in [2.24, 2.45) is 16.7 Å². The second kappa shape index (κ2) is 14.0. The van der Waals surface area contributed by atoms with Crippen LogP contribution in [0.3, 0.4) is 0 Å². The second-order valence-electron chi connectivity index (χ2n) is 24.3. The number of benzene rings is 5. The number of nitrogens with zero attached hydrogens (tertiary/aromatic N) is 2. The molecule has 2 saturated carbocycles. The summed E-state index contributed by atoms with van der Waals surface area (Å²) in [5.41, 5.74) is 25.3. The van der Waals surface area contributed by atoms with Gasteiger partial charge in [0.2, 0.25) is 0 Å². The third-order valence-electron chi connectivity index (χ3n) is 18.2. The molecule has 6 aromatic rings. The Morgan fingerprint density at radius 3 is 2.02 bits per heavy atom. The molecule has 0 radical (unpaired) electrons. The first-order chi connectivity index (χ1) is 30.9. The van der Waals surface area contributed by atoms with Crippen molar-refractivity contribution in [3.05, 3.63) is 130 Å². The SMILES string of the molecule is CC1=C(N2c3cc4oc5ccccc5c4cc3B3c4ccc(C)cc4N(c4cc5c(cc4C)C(C)(C)CCC5(C)C)c4cc(C5CCCCC5)cc2c43)CC2C(=C1)C(C)(C)CCC2(C)C. The van der Waals surface area contributed by atoms with Gasteiger partial charge in [0.1, 0.15) is 11.2 Å². The average Bonchev–Trinajstić information content (AvgIpc) is 3.64. The van der Waals surface area contributed by atoms with Gasteiger partial charge in [-0.2, -0.15) is 0 Å². The van der Waals surface area contributed by atoms with Crippen molar-refractivity contribution in [3.8, 4) is 0 Å². The lowest BCUT2D eigenvalue weighted by molar-refractivity contribution is 0.120. The van der Waals surface area contributed by atoms with Crippen molar-refractivity contribution in [1.82, 2.24) is 0 Å². The molecule has 2 fully saturated rings. The number of anilines is 5. The molecular formula is C61H69BN2O. The lowest BCUT2D eigenvalue weighted by Crippen LogP contribution is -2.62. The summed E-state index contributed by atoms with van der Waals surface area (Å²) in [7, 11) is 0. The maximum absolute atomic E-state index is 6.83. The zero-order valence-electron chi connectivity index (χ0n) is 41.2. The zero-order chi connectivity index (χ0) is 45.1. The molecule has 332 valence electrons. The van der Waals surface area contributed by atoms with Crippen LogP contribution in [0.5, 0.6) is 0 Å². The van der Waals surface area contributed by atoms with Gasteiger partial charge in [0.25, 0.3) is 6.71 Å². The molecule has 1 atom stereocenters. The fraction of sp³-hybridized carbons (Fsp3) is 0.443. The molecule has 2 aliphatic heterocycles. The molecular weight excluding hydrogens is 787 g/mol. The van der Waals surface area contributed by atoms with Crippen molar-refractivity contribution < 1.29 is 4.42 Å². The zero-order valence-corrected chi connectivity index (χ0v) is 41.2. The van der Waals surface area contributed by atoms with Crippen molar-refractivity contribution >= 4 is 73.5 Å². The van der Waals surface area contributed by atoms with Gasteiger partial charge >= 0.3 is 0 Å². The Morgan fingerprint density at radius 1 is 0.585 bits per heavy atom. The molecule has 0 amide bonds. The summed E-state index contributed by atoms with van der Waals surface area (Å²) in [6.45, 7) is 27.2. The summed E-state index contributed by atoms with van der Waals surface area (Å²) >= 11 is 0. The highest BCUT2D eigenvalue weighted by Gasteiger charge is 2.50. The monoisotopic (exact) mass is 857 g/mol. The number of rotatable bonds is 3. The van der Waals surface area contributed by atoms with Crippen LogP contribution in [-0.2, 0) is 10.8 Å². The molecule has 0 N–H and O–H groups in total. The fourth-order valence-corrected chi connectivity index (χ4v) is 14.0. The van der Waals surface area contributed by atoms with Gasteiger partial charge in [-0.1, -0.05) is 129 Å². The molecule has 3 heterocycles. The Morgan fingerprint density at radius 2 is 1.26 bits per heavy atom. The molecule has 6 aliphatic rings. The molecule has 3 nitrogen and oxygen atoms in total. The van der Waals surface area contributed by atoms with E-state index < -0.39 is 0 Å². The van der Waals surface area contributed by atoms with E-state index in [1.165, 1.54) is 152 Å². The lowest BCUT2D eigenvalue weighted by atomic mass is 9.33. The van der Waals surface area contributed by atoms with Gasteiger partial charge < -0.3 is 14.2 Å². The lowest BCUT2D eigenvalue weighted by Gasteiger charge is -2.52. The van der Waals surface area contributed by atoms with Crippen LogP contribution >= 0.6 is 0 Å². The third-order valence-corrected chi connectivity index (χ3v) is 18.2. The Bertz CT molecular complexity index is 3070. The fourth-order valence-electron chi connectivity index (χ4n) is 14.0. The maximum Gasteiger partial charge on any atom is 0.252 e. The van der Waals surface area contributed by atoms with E-state index in [4.69, 9.17) is 4.42 Å². The molecule has 5 aromatic carbocycles. The van der Waals surface area contributed by atoms with Crippen LogP contribution < -0.4 is 26.2 Å². The summed E-state index contributed by atoms with van der Waals surface area (Å²) < 4.78 is 6.83. The third kappa shape index (κ3) is 6.13. The normalized spacial score (nSPS) is 22.6. The van der Waals surface area contributed by atoms with Crippen LogP contribution in [0.15, 0.2) is 106 Å². The molecule has 1 unspecified atom stereocenters. The predicted molar refractivity (Wildman–Crippen MR) is 278 cm³/mol. The molecule has 0 bridgehead atoms. The van der Waals surface area contributed by atoms with Crippen LogP contribution in [0.1, 0.15) is 160 Å². The maximum atomic E-state index is 6.83. The van der Waals surface area contributed by atoms with E-state index in [1.54, 1.807) is 5.57 Å². The van der Waals surface area contributed by atoms with Crippen molar-refractivity contribution in [1.29, 1.82) is 0 Å². The summed E-state index contributed by atoms with van der Waals surface area (Å²) in [4.78, 5) is 5.53. The number of para-hydroxylation sites is 1. The van der Waals surface area contributed by atoms with E-state index in [9.17, 15) is 0 Å². The van der Waals surface area contributed by atoms with E-state index in [2.05, 4.69) is 171 Å². The number of aryl methyl sites for hydroxylation is 2. The highest BCUT2D eigenvalue weighted by atomic mass is 16.3. The summed E-state index contributed by atoms with van der Waals surface area (Å²) in [6, 6.07) is 31.6. The van der Waals surface area contributed by atoms with Crippen LogP contribution in [0, 0.1) is 30.6 Å². The first kappa shape index (κ1) is 41.5. The molecule has 4 aliphatic carbocycles. The first-order valence-corrected chi connectivity index (χ1v) is 25.3. The largest absolute Gasteiger partial charge is 0.456 e. The van der Waals surface area contributed by atoms with Gasteiger partial charge in [0, 0.05) is 51.0 Å². The predicted octanol–water partition coefficient (Wildman–Crippen LogP) is 15.4. The highest BCUT2D eigenvalue weighted by molar-refractivity contribution is 7.00. The molecule has 65 heavy (non-hydrogen) atoms. The van der Waals surface area contributed by atoms with Gasteiger partial charge in [-0.15, -0.1) is 0 Å². The Hall–Kier alpha value is -4.96. The quantitative estimate of drug-likeness (QED) is 0.165. The average molecular weight is 857 g/mol. The summed E-state index contributed by atoms with van der Waals surface area (Å²) in [5.74, 6) is 1.02. The second-order valence-corrected chi connectivity index (χ2v) is 24.3.